The van der Waals surface area contributed by atoms with E-state index >= 15 is 0 Å². The lowest BCUT2D eigenvalue weighted by molar-refractivity contribution is -0.211. The van der Waals surface area contributed by atoms with Gasteiger partial charge in [-0.2, -0.15) is 0 Å². The maximum absolute atomic E-state index is 12.4. The van der Waals surface area contributed by atoms with Crippen molar-refractivity contribution in [2.24, 2.45) is 28.6 Å². The van der Waals surface area contributed by atoms with E-state index in [0.717, 1.165) is 38.5 Å². The summed E-state index contributed by atoms with van der Waals surface area (Å²) < 4.78 is 12.1. The van der Waals surface area contributed by atoms with Gasteiger partial charge in [0.25, 0.3) is 0 Å². The molecule has 1 spiro atoms. The van der Waals surface area contributed by atoms with Crippen LogP contribution in [0, 0.1) is 28.6 Å². The molecule has 7 atom stereocenters. The molecule has 1 N–H and O–H groups in total. The normalized spacial score (nSPS) is 51.3. The molecule has 5 heteroatoms. The average molecular weight is 403 g/mol. The number of esters is 1. The number of carbonyl (C=O) groups excluding carboxylic acids is 2. The first-order chi connectivity index (χ1) is 13.7. The number of hydrogen-bond acceptors (Lipinski definition) is 5. The highest BCUT2D eigenvalue weighted by molar-refractivity contribution is 5.81. The summed E-state index contributed by atoms with van der Waals surface area (Å²) in [5, 5.41) is 9.69. The SMILES string of the molecule is C[C@@H]1C[C@@]2(OCO)CC(=O)CC[C@]2(C)C2=CC[C@@]3(C)[C@@H](CC[C@@]34CCC(=O)O4)[C@@H]21. The fourth-order valence-electron chi connectivity index (χ4n) is 8.38. The zero-order valence-electron chi connectivity index (χ0n) is 18.0. The van der Waals surface area contributed by atoms with E-state index < -0.39 is 5.60 Å². The molecule has 0 aromatic heterocycles. The first kappa shape index (κ1) is 19.7. The lowest BCUT2D eigenvalue weighted by Gasteiger charge is -2.63. The van der Waals surface area contributed by atoms with Crippen molar-refractivity contribution in [3.05, 3.63) is 11.6 Å². The van der Waals surface area contributed by atoms with Crippen molar-refractivity contribution in [3.8, 4) is 0 Å². The van der Waals surface area contributed by atoms with E-state index in [9.17, 15) is 14.7 Å². The molecule has 3 saturated carbocycles. The Morgan fingerprint density at radius 3 is 2.69 bits per heavy atom. The number of Topliss-reactive ketones (excluding diaryl/α,β-unsaturated/α-hetero) is 1. The van der Waals surface area contributed by atoms with Gasteiger partial charge in [0.2, 0.25) is 0 Å². The summed E-state index contributed by atoms with van der Waals surface area (Å²) in [5.41, 5.74) is 0.324. The van der Waals surface area contributed by atoms with Gasteiger partial charge in [-0.1, -0.05) is 32.4 Å². The molecule has 4 aliphatic carbocycles. The minimum atomic E-state index is -0.595. The zero-order chi connectivity index (χ0) is 20.7. The second kappa shape index (κ2) is 6.16. The van der Waals surface area contributed by atoms with Gasteiger partial charge in [0.1, 0.15) is 18.2 Å². The van der Waals surface area contributed by atoms with Crippen molar-refractivity contribution in [1.82, 2.24) is 0 Å². The number of ether oxygens (including phenoxy) is 2. The van der Waals surface area contributed by atoms with Crippen LogP contribution in [0.1, 0.15) is 78.6 Å². The van der Waals surface area contributed by atoms with E-state index in [1.54, 1.807) is 0 Å². The summed E-state index contributed by atoms with van der Waals surface area (Å²) >= 11 is 0. The molecule has 29 heavy (non-hydrogen) atoms. The number of allylic oxidation sites excluding steroid dienone is 1. The second-order valence-corrected chi connectivity index (χ2v) is 10.9. The summed E-state index contributed by atoms with van der Waals surface area (Å²) in [6.07, 6.45) is 9.40. The lowest BCUT2D eigenvalue weighted by Crippen LogP contribution is -2.62. The molecule has 5 rings (SSSR count). The first-order valence-electron chi connectivity index (χ1n) is 11.4. The number of aliphatic hydroxyl groups excluding tert-OH is 1. The van der Waals surface area contributed by atoms with Crippen LogP contribution in [0.5, 0.6) is 0 Å². The van der Waals surface area contributed by atoms with Gasteiger partial charge in [-0.05, 0) is 56.3 Å². The van der Waals surface area contributed by atoms with Crippen LogP contribution in [0.3, 0.4) is 0 Å². The molecule has 0 radical (unpaired) electrons. The topological polar surface area (TPSA) is 72.8 Å². The average Bonchev–Trinajstić information content (AvgIpc) is 3.18. The fraction of sp³-hybridized carbons (Fsp3) is 0.833. The van der Waals surface area contributed by atoms with Gasteiger partial charge in [0.05, 0.1) is 5.60 Å². The van der Waals surface area contributed by atoms with E-state index in [4.69, 9.17) is 9.47 Å². The molecule has 5 aliphatic rings. The Balaban J connectivity index is 1.58. The van der Waals surface area contributed by atoms with E-state index in [1.165, 1.54) is 5.57 Å². The van der Waals surface area contributed by atoms with Crippen molar-refractivity contribution >= 4 is 11.8 Å². The van der Waals surface area contributed by atoms with Crippen molar-refractivity contribution in [1.29, 1.82) is 0 Å². The Morgan fingerprint density at radius 1 is 1.21 bits per heavy atom. The van der Waals surface area contributed by atoms with Gasteiger partial charge >= 0.3 is 5.97 Å². The molecule has 1 aliphatic heterocycles. The van der Waals surface area contributed by atoms with Crippen molar-refractivity contribution < 1.29 is 24.2 Å². The highest BCUT2D eigenvalue weighted by atomic mass is 16.6. The monoisotopic (exact) mass is 402 g/mol. The highest BCUT2D eigenvalue weighted by Gasteiger charge is 2.69. The predicted molar refractivity (Wildman–Crippen MR) is 107 cm³/mol. The van der Waals surface area contributed by atoms with Crippen LogP contribution in [0.15, 0.2) is 11.6 Å². The van der Waals surface area contributed by atoms with Crippen LogP contribution < -0.4 is 0 Å². The number of aliphatic hydroxyl groups is 1. The molecule has 160 valence electrons. The van der Waals surface area contributed by atoms with Gasteiger partial charge in [0.15, 0.2) is 0 Å². The van der Waals surface area contributed by atoms with E-state index in [-0.39, 0.29) is 35.0 Å². The second-order valence-electron chi connectivity index (χ2n) is 10.9. The number of hydrogen-bond donors (Lipinski definition) is 1. The molecule has 0 aromatic carbocycles. The smallest absolute Gasteiger partial charge is 0.306 e. The molecule has 1 heterocycles. The maximum Gasteiger partial charge on any atom is 0.306 e. The highest BCUT2D eigenvalue weighted by Crippen LogP contribution is 2.70. The number of fused-ring (bicyclic) bond motifs is 6. The Kier molecular flexibility index (Phi) is 4.20. The van der Waals surface area contributed by atoms with Crippen molar-refractivity contribution in [2.75, 3.05) is 6.79 Å². The molecule has 1 saturated heterocycles. The van der Waals surface area contributed by atoms with Gasteiger partial charge in [-0.25, -0.2) is 0 Å². The number of ketones is 1. The lowest BCUT2D eigenvalue weighted by atomic mass is 9.44. The Labute approximate surface area is 173 Å². The quantitative estimate of drug-likeness (QED) is 0.430. The number of rotatable bonds is 2. The molecule has 0 amide bonds. The van der Waals surface area contributed by atoms with Crippen LogP contribution in [0.4, 0.5) is 0 Å². The minimum absolute atomic E-state index is 0.0136. The third-order valence-corrected chi connectivity index (χ3v) is 9.93. The minimum Gasteiger partial charge on any atom is -0.458 e. The summed E-state index contributed by atoms with van der Waals surface area (Å²) in [5.74, 6) is 1.50. The summed E-state index contributed by atoms with van der Waals surface area (Å²) in [6.45, 7) is 6.57. The maximum atomic E-state index is 12.4. The van der Waals surface area contributed by atoms with Crippen LogP contribution in [-0.4, -0.2) is 34.9 Å². The third kappa shape index (κ3) is 2.35. The fourth-order valence-corrected chi connectivity index (χ4v) is 8.38. The summed E-state index contributed by atoms with van der Waals surface area (Å²) in [4.78, 5) is 24.5. The van der Waals surface area contributed by atoms with Gasteiger partial charge in [-0.3, -0.25) is 9.59 Å². The van der Waals surface area contributed by atoms with E-state index in [0.29, 0.717) is 37.0 Å². The van der Waals surface area contributed by atoms with Crippen molar-refractivity contribution in [2.45, 2.75) is 89.8 Å². The van der Waals surface area contributed by atoms with Crippen molar-refractivity contribution in [3.63, 3.8) is 0 Å². The standard InChI is InChI=1S/C24H34O5/c1-15-12-24(28-14-25)13-16(26)4-8-22(24,3)17-5-9-21(2)18(20(15)17)6-10-23(21)11-7-19(27)29-23/h5,15,18,20,25H,4,6-14H2,1-3H3/t15-,18+,20-,21+,22-,23-,24-/m1/s1. The van der Waals surface area contributed by atoms with Gasteiger partial charge in [0, 0.05) is 30.1 Å². The molecule has 4 fully saturated rings. The van der Waals surface area contributed by atoms with E-state index in [2.05, 4.69) is 26.8 Å². The van der Waals surface area contributed by atoms with Crippen LogP contribution in [0.25, 0.3) is 0 Å². The largest absolute Gasteiger partial charge is 0.458 e. The van der Waals surface area contributed by atoms with E-state index in [1.807, 2.05) is 0 Å². The molecular formula is C24H34O5. The Morgan fingerprint density at radius 2 is 2.00 bits per heavy atom. The molecule has 5 nitrogen and oxygen atoms in total. The summed E-state index contributed by atoms with van der Waals surface area (Å²) in [6, 6.07) is 0. The molecule has 0 unspecified atom stereocenters. The number of carbonyl (C=O) groups is 2. The van der Waals surface area contributed by atoms with Crippen LogP contribution in [0.2, 0.25) is 0 Å². The van der Waals surface area contributed by atoms with Gasteiger partial charge in [-0.15, -0.1) is 0 Å². The zero-order valence-corrected chi connectivity index (χ0v) is 18.0. The molecule has 0 aromatic rings. The molecular weight excluding hydrogens is 368 g/mol. The van der Waals surface area contributed by atoms with Crippen LogP contribution >= 0.6 is 0 Å². The third-order valence-electron chi connectivity index (χ3n) is 9.93. The van der Waals surface area contributed by atoms with Crippen LogP contribution in [-0.2, 0) is 19.1 Å². The first-order valence-corrected chi connectivity index (χ1v) is 11.4. The Hall–Kier alpha value is -1.20. The molecule has 0 bridgehead atoms. The Bertz CT molecular complexity index is 788. The van der Waals surface area contributed by atoms with Gasteiger partial charge < -0.3 is 14.6 Å². The summed E-state index contributed by atoms with van der Waals surface area (Å²) in [7, 11) is 0. The predicted octanol–water partition coefficient (Wildman–Crippen LogP) is 3.93.